The fourth-order valence-electron chi connectivity index (χ4n) is 1.17. The summed E-state index contributed by atoms with van der Waals surface area (Å²) in [6.07, 6.45) is -4.25. The normalized spacial score (nSPS) is 12.3. The lowest BCUT2D eigenvalue weighted by atomic mass is 10.2. The first-order valence-corrected chi connectivity index (χ1v) is 5.35. The van der Waals surface area contributed by atoms with E-state index >= 15 is 0 Å². The Kier molecular flexibility index (Phi) is 2.31. The highest BCUT2D eigenvalue weighted by molar-refractivity contribution is 9.10. The Morgan fingerprint density at radius 3 is 2.50 bits per heavy atom. The van der Waals surface area contributed by atoms with Gasteiger partial charge in [0.2, 0.25) is 0 Å². The van der Waals surface area contributed by atoms with E-state index in [1.807, 2.05) is 0 Å². The number of fused-ring (bicyclic) bond motifs is 1. The van der Waals surface area contributed by atoms with Gasteiger partial charge in [-0.2, -0.15) is 13.2 Å². The molecule has 0 fully saturated rings. The predicted octanol–water partition coefficient (Wildman–Crippen LogP) is 4.68. The zero-order valence-electron chi connectivity index (χ0n) is 6.73. The number of hydrogen-bond donors (Lipinski definition) is 0. The van der Waals surface area contributed by atoms with E-state index in [1.165, 1.54) is 6.07 Å². The average molecular weight is 281 g/mol. The van der Waals surface area contributed by atoms with Gasteiger partial charge < -0.3 is 0 Å². The van der Waals surface area contributed by atoms with Crippen molar-refractivity contribution in [2.45, 2.75) is 6.18 Å². The summed E-state index contributed by atoms with van der Waals surface area (Å²) < 4.78 is 38.4. The second kappa shape index (κ2) is 3.24. The molecule has 0 nitrogen and oxygen atoms in total. The molecule has 74 valence electrons. The van der Waals surface area contributed by atoms with Crippen molar-refractivity contribution in [3.63, 3.8) is 0 Å². The number of hydrogen-bond acceptors (Lipinski definition) is 1. The highest BCUT2D eigenvalue weighted by Gasteiger charge is 2.32. The van der Waals surface area contributed by atoms with E-state index < -0.39 is 11.1 Å². The molecule has 0 unspecified atom stereocenters. The lowest BCUT2D eigenvalue weighted by molar-refractivity contribution is -0.134. The summed E-state index contributed by atoms with van der Waals surface area (Å²) >= 11 is 3.98. The fourth-order valence-corrected chi connectivity index (χ4v) is 2.72. The van der Waals surface area contributed by atoms with Crippen molar-refractivity contribution in [3.05, 3.63) is 33.6 Å². The number of halogens is 4. The number of thiophene rings is 1. The van der Waals surface area contributed by atoms with Crippen molar-refractivity contribution in [1.82, 2.24) is 0 Å². The van der Waals surface area contributed by atoms with E-state index in [4.69, 9.17) is 0 Å². The summed E-state index contributed by atoms with van der Waals surface area (Å²) in [6.45, 7) is 0. The van der Waals surface area contributed by atoms with Gasteiger partial charge in [-0.3, -0.25) is 0 Å². The van der Waals surface area contributed by atoms with E-state index in [0.29, 0.717) is 14.6 Å². The van der Waals surface area contributed by atoms with Crippen LogP contribution in [0.15, 0.2) is 28.7 Å². The van der Waals surface area contributed by atoms with Crippen LogP contribution in [0.4, 0.5) is 13.2 Å². The Bertz CT molecular complexity index is 472. The van der Waals surface area contributed by atoms with Gasteiger partial charge >= 0.3 is 6.18 Å². The number of benzene rings is 1. The minimum Gasteiger partial charge on any atom is -0.165 e. The van der Waals surface area contributed by atoms with E-state index in [-0.39, 0.29) is 0 Å². The van der Waals surface area contributed by atoms with Crippen LogP contribution < -0.4 is 0 Å². The lowest BCUT2D eigenvalue weighted by Crippen LogP contribution is -2.00. The smallest absolute Gasteiger partial charge is 0.165 e. The van der Waals surface area contributed by atoms with E-state index in [2.05, 4.69) is 15.9 Å². The maximum absolute atomic E-state index is 12.4. The third-order valence-corrected chi connectivity index (χ3v) is 3.93. The molecule has 5 heteroatoms. The van der Waals surface area contributed by atoms with Crippen molar-refractivity contribution in [2.75, 3.05) is 0 Å². The molecule has 2 rings (SSSR count). The second-order valence-electron chi connectivity index (χ2n) is 2.77. The van der Waals surface area contributed by atoms with Gasteiger partial charge in [-0.15, -0.1) is 11.3 Å². The summed E-state index contributed by atoms with van der Waals surface area (Å²) in [4.78, 5) is -0.556. The summed E-state index contributed by atoms with van der Waals surface area (Å²) in [6, 6.07) is 6.30. The molecule has 0 saturated carbocycles. The molecule has 0 aliphatic rings. The number of rotatable bonds is 0. The minimum atomic E-state index is -4.25. The van der Waals surface area contributed by atoms with Crippen LogP contribution in [0.25, 0.3) is 10.1 Å². The molecule has 0 N–H and O–H groups in total. The Labute approximate surface area is 90.5 Å². The molecule has 0 amide bonds. The van der Waals surface area contributed by atoms with Gasteiger partial charge in [0, 0.05) is 9.17 Å². The Morgan fingerprint density at radius 1 is 1.21 bits per heavy atom. The third-order valence-electron chi connectivity index (χ3n) is 1.78. The SMILES string of the molecule is FC(F)(F)c1cc2cccc(Br)c2s1. The maximum atomic E-state index is 12.4. The second-order valence-corrected chi connectivity index (χ2v) is 4.67. The third kappa shape index (κ3) is 1.66. The van der Waals surface area contributed by atoms with Crippen LogP contribution >= 0.6 is 27.3 Å². The molecule has 1 aromatic heterocycles. The van der Waals surface area contributed by atoms with Crippen LogP contribution in [0.5, 0.6) is 0 Å². The minimum absolute atomic E-state index is 0.556. The van der Waals surface area contributed by atoms with Crippen molar-refractivity contribution in [3.8, 4) is 0 Å². The molecular weight excluding hydrogens is 277 g/mol. The topological polar surface area (TPSA) is 0 Å². The molecule has 0 atom stereocenters. The molecule has 0 aliphatic carbocycles. The van der Waals surface area contributed by atoms with E-state index in [9.17, 15) is 13.2 Å². The molecule has 1 heterocycles. The first kappa shape index (κ1) is 9.98. The molecule has 0 radical (unpaired) electrons. The Morgan fingerprint density at radius 2 is 1.93 bits per heavy atom. The van der Waals surface area contributed by atoms with Gasteiger partial charge in [0.25, 0.3) is 0 Å². The molecule has 1 aromatic carbocycles. The van der Waals surface area contributed by atoms with Gasteiger partial charge in [-0.25, -0.2) is 0 Å². The van der Waals surface area contributed by atoms with Gasteiger partial charge in [0.1, 0.15) is 4.88 Å². The first-order chi connectivity index (χ1) is 6.48. The monoisotopic (exact) mass is 280 g/mol. The number of alkyl halides is 3. The average Bonchev–Trinajstić information content (AvgIpc) is 2.48. The summed E-state index contributed by atoms with van der Waals surface area (Å²) in [5, 5.41) is 0.622. The molecule has 0 aliphatic heterocycles. The molecule has 0 saturated heterocycles. The zero-order valence-corrected chi connectivity index (χ0v) is 9.13. The predicted molar refractivity (Wildman–Crippen MR) is 54.5 cm³/mol. The van der Waals surface area contributed by atoms with Crippen LogP contribution in [0.2, 0.25) is 0 Å². The highest BCUT2D eigenvalue weighted by Crippen LogP contribution is 2.40. The lowest BCUT2D eigenvalue weighted by Gasteiger charge is -1.99. The van der Waals surface area contributed by atoms with Crippen LogP contribution in [0.3, 0.4) is 0 Å². The Balaban J connectivity index is 2.69. The quantitative estimate of drug-likeness (QED) is 0.657. The van der Waals surface area contributed by atoms with Crippen LogP contribution in [-0.2, 0) is 6.18 Å². The molecule has 0 bridgehead atoms. The largest absolute Gasteiger partial charge is 0.425 e. The molecular formula is C9H4BrF3S. The molecule has 2 aromatic rings. The molecule has 0 spiro atoms. The van der Waals surface area contributed by atoms with Crippen LogP contribution in [0.1, 0.15) is 4.88 Å². The summed E-state index contributed by atoms with van der Waals surface area (Å²) in [5.41, 5.74) is 0. The Hall–Kier alpha value is -0.550. The van der Waals surface area contributed by atoms with Crippen molar-refractivity contribution in [1.29, 1.82) is 0 Å². The van der Waals surface area contributed by atoms with Gasteiger partial charge in [0.05, 0.1) is 0 Å². The standard InChI is InChI=1S/C9H4BrF3S/c10-6-3-1-2-5-4-7(9(11,12)13)14-8(5)6/h1-4H. The van der Waals surface area contributed by atoms with Crippen molar-refractivity contribution >= 4 is 37.4 Å². The fraction of sp³-hybridized carbons (Fsp3) is 0.111. The zero-order chi connectivity index (χ0) is 10.3. The van der Waals surface area contributed by atoms with Crippen molar-refractivity contribution in [2.24, 2.45) is 0 Å². The highest BCUT2D eigenvalue weighted by atomic mass is 79.9. The summed E-state index contributed by atoms with van der Waals surface area (Å²) in [7, 11) is 0. The van der Waals surface area contributed by atoms with Gasteiger partial charge in [-0.1, -0.05) is 12.1 Å². The van der Waals surface area contributed by atoms with E-state index in [0.717, 1.165) is 11.3 Å². The molecule has 14 heavy (non-hydrogen) atoms. The van der Waals surface area contributed by atoms with Gasteiger partial charge in [-0.05, 0) is 33.4 Å². The maximum Gasteiger partial charge on any atom is 0.425 e. The van der Waals surface area contributed by atoms with E-state index in [1.54, 1.807) is 18.2 Å². The van der Waals surface area contributed by atoms with Crippen LogP contribution in [0, 0.1) is 0 Å². The van der Waals surface area contributed by atoms with Crippen LogP contribution in [-0.4, -0.2) is 0 Å². The van der Waals surface area contributed by atoms with Crippen molar-refractivity contribution < 1.29 is 13.2 Å². The van der Waals surface area contributed by atoms with Gasteiger partial charge in [0.15, 0.2) is 0 Å². The summed E-state index contributed by atoms with van der Waals surface area (Å²) in [5.74, 6) is 0. The first-order valence-electron chi connectivity index (χ1n) is 3.74.